The summed E-state index contributed by atoms with van der Waals surface area (Å²) < 4.78 is 0. The van der Waals surface area contributed by atoms with E-state index in [1.807, 2.05) is 11.8 Å². The first-order valence-electron chi connectivity index (χ1n) is 7.17. The minimum atomic E-state index is 0.674. The normalized spacial score (nSPS) is 20.1. The summed E-state index contributed by atoms with van der Waals surface area (Å²) in [7, 11) is 0. The first-order chi connectivity index (χ1) is 8.72. The predicted octanol–water partition coefficient (Wildman–Crippen LogP) is 4.29. The molecule has 1 aliphatic rings. The van der Waals surface area contributed by atoms with E-state index in [-0.39, 0.29) is 0 Å². The van der Waals surface area contributed by atoms with Gasteiger partial charge in [0, 0.05) is 16.7 Å². The van der Waals surface area contributed by atoms with E-state index in [2.05, 4.69) is 50.4 Å². The third-order valence-corrected chi connectivity index (χ3v) is 5.15. The fourth-order valence-electron chi connectivity index (χ4n) is 2.78. The Balaban J connectivity index is 1.91. The Labute approximate surface area is 116 Å². The van der Waals surface area contributed by atoms with E-state index in [0.29, 0.717) is 6.04 Å². The van der Waals surface area contributed by atoms with Crippen molar-refractivity contribution in [3.05, 3.63) is 29.8 Å². The Morgan fingerprint density at radius 1 is 1.33 bits per heavy atom. The fraction of sp³-hybridized carbons (Fsp3) is 0.625. The van der Waals surface area contributed by atoms with E-state index >= 15 is 0 Å². The summed E-state index contributed by atoms with van der Waals surface area (Å²) in [6.07, 6.45) is 2.62. The van der Waals surface area contributed by atoms with E-state index in [9.17, 15) is 0 Å². The standard InChI is InChI=1S/C16H25NS/c1-4-17-15(12(2)3)10-9-13-11-18-16-8-6-5-7-14(13)16/h5-8,12-13,15,17H,4,9-11H2,1-3H3. The highest BCUT2D eigenvalue weighted by Gasteiger charge is 2.23. The van der Waals surface area contributed by atoms with Crippen molar-refractivity contribution < 1.29 is 0 Å². The Bertz CT molecular complexity index is 375. The van der Waals surface area contributed by atoms with E-state index in [4.69, 9.17) is 0 Å². The molecule has 0 amide bonds. The molecule has 2 heteroatoms. The van der Waals surface area contributed by atoms with Gasteiger partial charge in [0.25, 0.3) is 0 Å². The van der Waals surface area contributed by atoms with Crippen molar-refractivity contribution in [3.8, 4) is 0 Å². The lowest BCUT2D eigenvalue weighted by atomic mass is 9.91. The molecule has 2 unspecified atom stereocenters. The van der Waals surface area contributed by atoms with Gasteiger partial charge in [-0.05, 0) is 42.9 Å². The maximum atomic E-state index is 3.62. The monoisotopic (exact) mass is 263 g/mol. The average Bonchev–Trinajstić information content (AvgIpc) is 2.77. The second-order valence-corrected chi connectivity index (χ2v) is 6.59. The van der Waals surface area contributed by atoms with Crippen LogP contribution in [0.15, 0.2) is 29.2 Å². The molecule has 0 saturated heterocycles. The van der Waals surface area contributed by atoms with Crippen LogP contribution in [-0.4, -0.2) is 18.3 Å². The smallest absolute Gasteiger partial charge is 0.0107 e. The Hall–Kier alpha value is -0.470. The Morgan fingerprint density at radius 3 is 2.83 bits per heavy atom. The fourth-order valence-corrected chi connectivity index (χ4v) is 4.09. The van der Waals surface area contributed by atoms with Crippen LogP contribution in [-0.2, 0) is 0 Å². The molecule has 1 N–H and O–H groups in total. The van der Waals surface area contributed by atoms with E-state index in [1.54, 1.807) is 5.56 Å². The molecular formula is C16H25NS. The summed E-state index contributed by atoms with van der Waals surface area (Å²) in [5.41, 5.74) is 1.58. The Morgan fingerprint density at radius 2 is 2.11 bits per heavy atom. The molecule has 0 bridgehead atoms. The van der Waals surface area contributed by atoms with Crippen LogP contribution in [0.2, 0.25) is 0 Å². The van der Waals surface area contributed by atoms with Crippen LogP contribution in [0.1, 0.15) is 45.1 Å². The SMILES string of the molecule is CCNC(CCC1CSc2ccccc21)C(C)C. The highest BCUT2D eigenvalue weighted by molar-refractivity contribution is 7.99. The molecule has 100 valence electrons. The van der Waals surface area contributed by atoms with Gasteiger partial charge in [0.05, 0.1) is 0 Å². The third-order valence-electron chi connectivity index (χ3n) is 3.90. The summed E-state index contributed by atoms with van der Waals surface area (Å²) in [5, 5.41) is 3.62. The first kappa shape index (κ1) is 14.0. The molecule has 0 fully saturated rings. The molecule has 1 aromatic carbocycles. The Kier molecular flexibility index (Phi) is 5.13. The van der Waals surface area contributed by atoms with Crippen LogP contribution in [0.5, 0.6) is 0 Å². The molecule has 0 aromatic heterocycles. The van der Waals surface area contributed by atoms with E-state index in [0.717, 1.165) is 18.4 Å². The molecule has 2 atom stereocenters. The molecular weight excluding hydrogens is 238 g/mol. The molecule has 0 saturated carbocycles. The molecule has 1 aliphatic heterocycles. The third kappa shape index (κ3) is 3.30. The van der Waals surface area contributed by atoms with Gasteiger partial charge in [-0.15, -0.1) is 11.8 Å². The van der Waals surface area contributed by atoms with E-state index in [1.165, 1.54) is 23.5 Å². The van der Waals surface area contributed by atoms with Crippen LogP contribution in [0.4, 0.5) is 0 Å². The molecule has 1 nitrogen and oxygen atoms in total. The molecule has 2 rings (SSSR count). The highest BCUT2D eigenvalue weighted by atomic mass is 32.2. The maximum absolute atomic E-state index is 3.62. The summed E-state index contributed by atoms with van der Waals surface area (Å²) in [6, 6.07) is 9.60. The van der Waals surface area contributed by atoms with Crippen molar-refractivity contribution in [3.63, 3.8) is 0 Å². The molecule has 18 heavy (non-hydrogen) atoms. The summed E-state index contributed by atoms with van der Waals surface area (Å²) in [6.45, 7) is 7.93. The van der Waals surface area contributed by atoms with Crippen molar-refractivity contribution in [2.45, 2.75) is 50.5 Å². The highest BCUT2D eigenvalue weighted by Crippen LogP contribution is 2.41. The van der Waals surface area contributed by atoms with Crippen LogP contribution < -0.4 is 5.32 Å². The molecule has 1 aromatic rings. The number of hydrogen-bond donors (Lipinski definition) is 1. The van der Waals surface area contributed by atoms with Crippen LogP contribution in [0.3, 0.4) is 0 Å². The zero-order valence-corrected chi connectivity index (χ0v) is 12.6. The number of thioether (sulfide) groups is 1. The topological polar surface area (TPSA) is 12.0 Å². The predicted molar refractivity (Wildman–Crippen MR) is 81.4 cm³/mol. The minimum absolute atomic E-state index is 0.674. The van der Waals surface area contributed by atoms with Gasteiger partial charge >= 0.3 is 0 Å². The van der Waals surface area contributed by atoms with Gasteiger partial charge < -0.3 is 5.32 Å². The molecule has 0 spiro atoms. The minimum Gasteiger partial charge on any atom is -0.314 e. The lowest BCUT2D eigenvalue weighted by molar-refractivity contribution is 0.369. The van der Waals surface area contributed by atoms with Gasteiger partial charge in [0.1, 0.15) is 0 Å². The van der Waals surface area contributed by atoms with Gasteiger partial charge in [-0.1, -0.05) is 39.0 Å². The second kappa shape index (κ2) is 6.63. The summed E-state index contributed by atoms with van der Waals surface area (Å²) >= 11 is 2.03. The summed E-state index contributed by atoms with van der Waals surface area (Å²) in [5.74, 6) is 2.77. The van der Waals surface area contributed by atoms with Crippen molar-refractivity contribution in [2.24, 2.45) is 5.92 Å². The zero-order valence-electron chi connectivity index (χ0n) is 11.8. The lowest BCUT2D eigenvalue weighted by Gasteiger charge is -2.23. The molecule has 0 aliphatic carbocycles. The van der Waals surface area contributed by atoms with Gasteiger partial charge in [-0.3, -0.25) is 0 Å². The van der Waals surface area contributed by atoms with Crippen LogP contribution >= 0.6 is 11.8 Å². The van der Waals surface area contributed by atoms with E-state index < -0.39 is 0 Å². The quantitative estimate of drug-likeness (QED) is 0.821. The number of fused-ring (bicyclic) bond motifs is 1. The van der Waals surface area contributed by atoms with Crippen molar-refractivity contribution >= 4 is 11.8 Å². The van der Waals surface area contributed by atoms with Crippen molar-refractivity contribution in [1.29, 1.82) is 0 Å². The maximum Gasteiger partial charge on any atom is 0.0107 e. The molecule has 0 radical (unpaired) electrons. The average molecular weight is 263 g/mol. The van der Waals surface area contributed by atoms with Gasteiger partial charge in [-0.2, -0.15) is 0 Å². The van der Waals surface area contributed by atoms with Crippen LogP contribution in [0, 0.1) is 5.92 Å². The number of rotatable bonds is 6. The number of nitrogens with one attached hydrogen (secondary N) is 1. The summed E-state index contributed by atoms with van der Waals surface area (Å²) in [4.78, 5) is 1.51. The zero-order chi connectivity index (χ0) is 13.0. The lowest BCUT2D eigenvalue weighted by Crippen LogP contribution is -2.33. The molecule has 1 heterocycles. The van der Waals surface area contributed by atoms with Gasteiger partial charge in [-0.25, -0.2) is 0 Å². The number of hydrogen-bond acceptors (Lipinski definition) is 2. The van der Waals surface area contributed by atoms with Gasteiger partial charge in [0.15, 0.2) is 0 Å². The van der Waals surface area contributed by atoms with Crippen LogP contribution in [0.25, 0.3) is 0 Å². The first-order valence-corrected chi connectivity index (χ1v) is 8.16. The number of benzene rings is 1. The largest absolute Gasteiger partial charge is 0.314 e. The van der Waals surface area contributed by atoms with Gasteiger partial charge in [0.2, 0.25) is 0 Å². The van der Waals surface area contributed by atoms with Crippen molar-refractivity contribution in [2.75, 3.05) is 12.3 Å². The second-order valence-electron chi connectivity index (χ2n) is 5.53. The van der Waals surface area contributed by atoms with Crippen molar-refractivity contribution in [1.82, 2.24) is 5.32 Å².